The second-order valence-electron chi connectivity index (χ2n) is 6.11. The van der Waals surface area contributed by atoms with Gasteiger partial charge in [-0.05, 0) is 36.9 Å². The Morgan fingerprint density at radius 1 is 1.45 bits per heavy atom. The monoisotopic (exact) mass is 312 g/mol. The highest BCUT2D eigenvalue weighted by Crippen LogP contribution is 2.28. The lowest BCUT2D eigenvalue weighted by atomic mass is 9.90. The lowest BCUT2D eigenvalue weighted by molar-refractivity contribution is -0.130. The van der Waals surface area contributed by atoms with Gasteiger partial charge in [-0.25, -0.2) is 8.78 Å². The zero-order chi connectivity index (χ0) is 16.2. The van der Waals surface area contributed by atoms with Crippen LogP contribution in [0.5, 0.6) is 5.75 Å². The maximum absolute atomic E-state index is 13.4. The predicted molar refractivity (Wildman–Crippen MR) is 79.4 cm³/mol. The molecule has 1 heterocycles. The molecule has 122 valence electrons. The first kappa shape index (κ1) is 16.7. The Kier molecular flexibility index (Phi) is 5.34. The van der Waals surface area contributed by atoms with Gasteiger partial charge >= 0.3 is 0 Å². The van der Waals surface area contributed by atoms with Gasteiger partial charge < -0.3 is 15.4 Å². The van der Waals surface area contributed by atoms with Gasteiger partial charge in [-0.1, -0.05) is 6.92 Å². The highest BCUT2D eigenvalue weighted by atomic mass is 19.1. The first-order chi connectivity index (χ1) is 10.4. The number of nitrogens with two attached hydrogens (primary N) is 1. The van der Waals surface area contributed by atoms with Crippen molar-refractivity contribution in [1.82, 2.24) is 4.90 Å². The second-order valence-corrected chi connectivity index (χ2v) is 6.11. The number of carbonyl (C=O) groups excluding carboxylic acids is 1. The van der Waals surface area contributed by atoms with Crippen LogP contribution in [0.2, 0.25) is 0 Å². The van der Waals surface area contributed by atoms with E-state index in [-0.39, 0.29) is 23.7 Å². The van der Waals surface area contributed by atoms with Gasteiger partial charge in [-0.3, -0.25) is 4.79 Å². The molecule has 1 aromatic rings. The number of nitrogens with zero attached hydrogens (tertiary/aromatic N) is 1. The van der Waals surface area contributed by atoms with Gasteiger partial charge in [0, 0.05) is 25.6 Å². The highest BCUT2D eigenvalue weighted by molar-refractivity contribution is 5.76. The van der Waals surface area contributed by atoms with Crippen LogP contribution < -0.4 is 10.5 Å². The predicted octanol–water partition coefficient (Wildman–Crippen LogP) is 2.32. The third-order valence-corrected chi connectivity index (χ3v) is 4.09. The van der Waals surface area contributed by atoms with E-state index >= 15 is 0 Å². The summed E-state index contributed by atoms with van der Waals surface area (Å²) in [4.78, 5) is 13.9. The molecule has 1 fully saturated rings. The summed E-state index contributed by atoms with van der Waals surface area (Å²) in [5, 5.41) is 0. The van der Waals surface area contributed by atoms with E-state index in [9.17, 15) is 13.6 Å². The molecule has 1 atom stereocenters. The highest BCUT2D eigenvalue weighted by Gasteiger charge is 2.34. The molecule has 1 saturated heterocycles. The molecule has 1 aliphatic rings. The first-order valence-electron chi connectivity index (χ1n) is 7.49. The molecule has 0 aliphatic carbocycles. The molecule has 0 saturated carbocycles. The molecule has 4 nitrogen and oxygen atoms in total. The van der Waals surface area contributed by atoms with Crippen molar-refractivity contribution in [1.29, 1.82) is 0 Å². The second kappa shape index (κ2) is 7.05. The van der Waals surface area contributed by atoms with Crippen molar-refractivity contribution in [3.63, 3.8) is 0 Å². The quantitative estimate of drug-likeness (QED) is 0.820. The summed E-state index contributed by atoms with van der Waals surface area (Å²) in [5.41, 5.74) is 5.74. The standard InChI is InChI=1S/C16H22F2N2O2/c1-16(10-19)6-7-20(11-16)15(21)3-2-8-22-14-5-4-12(17)9-13(14)18/h4-5,9H,2-3,6-8,10-11,19H2,1H3. The third kappa shape index (κ3) is 4.16. The number of benzene rings is 1. The summed E-state index contributed by atoms with van der Waals surface area (Å²) >= 11 is 0. The lowest BCUT2D eigenvalue weighted by Crippen LogP contribution is -2.34. The Balaban J connectivity index is 1.72. The minimum Gasteiger partial charge on any atom is -0.491 e. The van der Waals surface area contributed by atoms with Gasteiger partial charge in [0.2, 0.25) is 5.91 Å². The Labute approximate surface area is 129 Å². The van der Waals surface area contributed by atoms with E-state index in [0.29, 0.717) is 25.9 Å². The van der Waals surface area contributed by atoms with E-state index in [1.807, 2.05) is 4.90 Å². The zero-order valence-electron chi connectivity index (χ0n) is 12.8. The smallest absolute Gasteiger partial charge is 0.222 e. The summed E-state index contributed by atoms with van der Waals surface area (Å²) in [6, 6.07) is 3.17. The van der Waals surface area contributed by atoms with Crippen LogP contribution in [0.15, 0.2) is 18.2 Å². The fourth-order valence-corrected chi connectivity index (χ4v) is 2.56. The topological polar surface area (TPSA) is 55.6 Å². The first-order valence-corrected chi connectivity index (χ1v) is 7.49. The molecule has 1 unspecified atom stereocenters. The van der Waals surface area contributed by atoms with Crippen LogP contribution in [0.4, 0.5) is 8.78 Å². The number of hydrogen-bond acceptors (Lipinski definition) is 3. The molecule has 1 aromatic carbocycles. The van der Waals surface area contributed by atoms with Gasteiger partial charge in [0.25, 0.3) is 0 Å². The Morgan fingerprint density at radius 3 is 2.86 bits per heavy atom. The number of likely N-dealkylation sites (tertiary alicyclic amines) is 1. The molecular formula is C16H22F2N2O2. The Hall–Kier alpha value is -1.69. The van der Waals surface area contributed by atoms with E-state index < -0.39 is 11.6 Å². The van der Waals surface area contributed by atoms with Crippen molar-refractivity contribution in [3.8, 4) is 5.75 Å². The molecule has 0 bridgehead atoms. The van der Waals surface area contributed by atoms with E-state index in [1.54, 1.807) is 0 Å². The molecule has 2 rings (SSSR count). The molecule has 1 aliphatic heterocycles. The molecule has 6 heteroatoms. The van der Waals surface area contributed by atoms with Crippen LogP contribution in [0, 0.1) is 17.0 Å². The van der Waals surface area contributed by atoms with Crippen molar-refractivity contribution in [2.75, 3.05) is 26.2 Å². The fourth-order valence-electron chi connectivity index (χ4n) is 2.56. The number of halogens is 2. The van der Waals surface area contributed by atoms with Crippen LogP contribution >= 0.6 is 0 Å². The maximum atomic E-state index is 13.4. The van der Waals surface area contributed by atoms with Gasteiger partial charge in [0.15, 0.2) is 11.6 Å². The van der Waals surface area contributed by atoms with E-state index in [1.165, 1.54) is 6.07 Å². The summed E-state index contributed by atoms with van der Waals surface area (Å²) < 4.78 is 31.3. The summed E-state index contributed by atoms with van der Waals surface area (Å²) in [7, 11) is 0. The SMILES string of the molecule is CC1(CN)CCN(C(=O)CCCOc2ccc(F)cc2F)C1. The van der Waals surface area contributed by atoms with Gasteiger partial charge in [0.05, 0.1) is 6.61 Å². The fraction of sp³-hybridized carbons (Fsp3) is 0.562. The maximum Gasteiger partial charge on any atom is 0.222 e. The molecule has 0 aromatic heterocycles. The average Bonchev–Trinajstić information content (AvgIpc) is 2.88. The minimum atomic E-state index is -0.732. The summed E-state index contributed by atoms with van der Waals surface area (Å²) in [5.74, 6) is -1.30. The van der Waals surface area contributed by atoms with Crippen LogP contribution in [0.25, 0.3) is 0 Å². The normalized spacial score (nSPS) is 21.2. The number of rotatable bonds is 6. The number of ether oxygens (including phenoxy) is 1. The van der Waals surface area contributed by atoms with Gasteiger partial charge in [-0.2, -0.15) is 0 Å². The molecule has 22 heavy (non-hydrogen) atoms. The minimum absolute atomic E-state index is 0.00530. The van der Waals surface area contributed by atoms with Crippen molar-refractivity contribution in [3.05, 3.63) is 29.8 Å². The Morgan fingerprint density at radius 2 is 2.23 bits per heavy atom. The average molecular weight is 312 g/mol. The van der Waals surface area contributed by atoms with E-state index in [0.717, 1.165) is 25.1 Å². The van der Waals surface area contributed by atoms with Crippen LogP contribution in [-0.4, -0.2) is 37.0 Å². The molecular weight excluding hydrogens is 290 g/mol. The van der Waals surface area contributed by atoms with Gasteiger partial charge in [0.1, 0.15) is 5.82 Å². The van der Waals surface area contributed by atoms with Crippen molar-refractivity contribution >= 4 is 5.91 Å². The largest absolute Gasteiger partial charge is 0.491 e. The van der Waals surface area contributed by atoms with Crippen LogP contribution in [-0.2, 0) is 4.79 Å². The van der Waals surface area contributed by atoms with Crippen molar-refractivity contribution in [2.45, 2.75) is 26.2 Å². The Bertz CT molecular complexity index is 539. The third-order valence-electron chi connectivity index (χ3n) is 4.09. The summed E-state index contributed by atoms with van der Waals surface area (Å²) in [6.07, 6.45) is 1.77. The van der Waals surface area contributed by atoms with E-state index in [2.05, 4.69) is 6.92 Å². The van der Waals surface area contributed by atoms with Crippen molar-refractivity contribution in [2.24, 2.45) is 11.1 Å². The molecule has 2 N–H and O–H groups in total. The van der Waals surface area contributed by atoms with Crippen LogP contribution in [0.3, 0.4) is 0 Å². The van der Waals surface area contributed by atoms with Crippen molar-refractivity contribution < 1.29 is 18.3 Å². The number of hydrogen-bond donors (Lipinski definition) is 1. The van der Waals surface area contributed by atoms with E-state index in [4.69, 9.17) is 10.5 Å². The molecule has 0 radical (unpaired) electrons. The number of carbonyl (C=O) groups is 1. The lowest BCUT2D eigenvalue weighted by Gasteiger charge is -2.22. The summed E-state index contributed by atoms with van der Waals surface area (Å²) in [6.45, 7) is 4.30. The molecule has 0 spiro atoms. The molecule has 1 amide bonds. The van der Waals surface area contributed by atoms with Crippen LogP contribution in [0.1, 0.15) is 26.2 Å². The van der Waals surface area contributed by atoms with Gasteiger partial charge in [-0.15, -0.1) is 0 Å². The zero-order valence-corrected chi connectivity index (χ0v) is 12.8. The number of amides is 1.